The van der Waals surface area contributed by atoms with Crippen LogP contribution in [0.1, 0.15) is 39.0 Å². The Morgan fingerprint density at radius 3 is 2.21 bits per heavy atom. The van der Waals surface area contributed by atoms with E-state index in [-0.39, 0.29) is 19.1 Å². The molecule has 0 radical (unpaired) electrons. The number of hydrogen-bond acceptors (Lipinski definition) is 3. The first-order valence-corrected chi connectivity index (χ1v) is 5.64. The van der Waals surface area contributed by atoms with Crippen molar-refractivity contribution in [2.45, 2.75) is 39.0 Å². The fraction of sp³-hybridized carbons (Fsp3) is 1.00. The maximum absolute atomic E-state index is 8.81. The van der Waals surface area contributed by atoms with Crippen molar-refractivity contribution in [3.63, 3.8) is 0 Å². The van der Waals surface area contributed by atoms with Crippen molar-refractivity contribution in [2.24, 2.45) is 5.92 Å². The Hall–Kier alpha value is -0.120. The monoisotopic (exact) mass is 204 g/mol. The number of ether oxygens (including phenoxy) is 1. The summed E-state index contributed by atoms with van der Waals surface area (Å²) in [6.45, 7) is 4.00. The van der Waals surface area contributed by atoms with Crippen molar-refractivity contribution in [1.29, 1.82) is 0 Å². The molecule has 2 N–H and O–H groups in total. The molecule has 0 aromatic carbocycles. The largest absolute Gasteiger partial charge is 0.396 e. The molecule has 0 aliphatic heterocycles. The van der Waals surface area contributed by atoms with Gasteiger partial charge in [-0.15, -0.1) is 0 Å². The van der Waals surface area contributed by atoms with Gasteiger partial charge < -0.3 is 14.9 Å². The Morgan fingerprint density at radius 2 is 1.64 bits per heavy atom. The quantitative estimate of drug-likeness (QED) is 0.531. The van der Waals surface area contributed by atoms with E-state index in [2.05, 4.69) is 6.92 Å². The number of aliphatic hydroxyl groups is 2. The molecule has 3 nitrogen and oxygen atoms in total. The van der Waals surface area contributed by atoms with Crippen LogP contribution in [0, 0.1) is 5.92 Å². The van der Waals surface area contributed by atoms with E-state index in [1.54, 1.807) is 0 Å². The third kappa shape index (κ3) is 8.48. The van der Waals surface area contributed by atoms with Gasteiger partial charge in [-0.3, -0.25) is 0 Å². The second-order valence-corrected chi connectivity index (χ2v) is 3.69. The van der Waals surface area contributed by atoms with Crippen LogP contribution < -0.4 is 0 Å². The summed E-state index contributed by atoms with van der Waals surface area (Å²) in [6.07, 6.45) is 5.26. The first-order valence-electron chi connectivity index (χ1n) is 5.64. The summed E-state index contributed by atoms with van der Waals surface area (Å²) in [5.41, 5.74) is 0. The predicted octanol–water partition coefficient (Wildman–Crippen LogP) is 1.57. The van der Waals surface area contributed by atoms with Crippen LogP contribution in [0.4, 0.5) is 0 Å². The Morgan fingerprint density at radius 1 is 1.00 bits per heavy atom. The van der Waals surface area contributed by atoms with Crippen LogP contribution in [0.25, 0.3) is 0 Å². The van der Waals surface area contributed by atoms with Gasteiger partial charge in [0, 0.05) is 32.3 Å². The van der Waals surface area contributed by atoms with Gasteiger partial charge in [-0.05, 0) is 19.3 Å². The highest BCUT2D eigenvalue weighted by molar-refractivity contribution is 4.55. The lowest BCUT2D eigenvalue weighted by Crippen LogP contribution is -2.11. The second-order valence-electron chi connectivity index (χ2n) is 3.69. The molecular formula is C11H24O3. The smallest absolute Gasteiger partial charge is 0.0481 e. The third-order valence-corrected chi connectivity index (χ3v) is 2.31. The van der Waals surface area contributed by atoms with Gasteiger partial charge in [0.15, 0.2) is 0 Å². The van der Waals surface area contributed by atoms with E-state index in [9.17, 15) is 0 Å². The fourth-order valence-electron chi connectivity index (χ4n) is 1.23. The first-order chi connectivity index (χ1) is 6.85. The molecule has 0 aromatic rings. The molecule has 0 spiro atoms. The molecule has 0 rings (SSSR count). The summed E-state index contributed by atoms with van der Waals surface area (Å²) in [5.74, 6) is 0.0608. The van der Waals surface area contributed by atoms with Crippen LogP contribution in [-0.2, 0) is 4.74 Å². The normalized spacial score (nSPS) is 11.1. The number of rotatable bonds is 10. The molecule has 0 bridgehead atoms. The van der Waals surface area contributed by atoms with Gasteiger partial charge >= 0.3 is 0 Å². The van der Waals surface area contributed by atoms with Gasteiger partial charge in [0.05, 0.1) is 0 Å². The van der Waals surface area contributed by atoms with Crippen LogP contribution in [0.2, 0.25) is 0 Å². The van der Waals surface area contributed by atoms with Crippen molar-refractivity contribution in [1.82, 2.24) is 0 Å². The molecule has 0 saturated carbocycles. The highest BCUT2D eigenvalue weighted by Crippen LogP contribution is 2.07. The van der Waals surface area contributed by atoms with Crippen molar-refractivity contribution >= 4 is 0 Å². The molecule has 0 amide bonds. The maximum atomic E-state index is 8.81. The van der Waals surface area contributed by atoms with Crippen LogP contribution in [0.3, 0.4) is 0 Å². The van der Waals surface area contributed by atoms with E-state index in [0.717, 1.165) is 38.9 Å². The molecule has 0 atom stereocenters. The van der Waals surface area contributed by atoms with Crippen LogP contribution in [0.5, 0.6) is 0 Å². The SMILES string of the molecule is CCCCOCCCCC(CO)CO. The van der Waals surface area contributed by atoms with Crippen molar-refractivity contribution < 1.29 is 14.9 Å². The molecule has 14 heavy (non-hydrogen) atoms. The lowest BCUT2D eigenvalue weighted by atomic mass is 10.0. The van der Waals surface area contributed by atoms with Gasteiger partial charge in [0.1, 0.15) is 0 Å². The minimum atomic E-state index is 0.0608. The summed E-state index contributed by atoms with van der Waals surface area (Å²) in [6, 6.07) is 0. The zero-order chi connectivity index (χ0) is 10.6. The Bertz CT molecular complexity index is 103. The topological polar surface area (TPSA) is 49.7 Å². The third-order valence-electron chi connectivity index (χ3n) is 2.31. The standard InChI is InChI=1S/C11H24O3/c1-2-3-7-14-8-5-4-6-11(9-12)10-13/h11-13H,2-10H2,1H3. The van der Waals surface area contributed by atoms with E-state index in [1.807, 2.05) is 0 Å². The van der Waals surface area contributed by atoms with Gasteiger partial charge in [0.25, 0.3) is 0 Å². The van der Waals surface area contributed by atoms with Crippen LogP contribution >= 0.6 is 0 Å². The van der Waals surface area contributed by atoms with Crippen molar-refractivity contribution in [3.8, 4) is 0 Å². The molecule has 86 valence electrons. The molecule has 0 aliphatic rings. The average molecular weight is 204 g/mol. The molecule has 3 heteroatoms. The van der Waals surface area contributed by atoms with E-state index in [4.69, 9.17) is 14.9 Å². The lowest BCUT2D eigenvalue weighted by Gasteiger charge is -2.09. The predicted molar refractivity (Wildman–Crippen MR) is 57.2 cm³/mol. The van der Waals surface area contributed by atoms with Gasteiger partial charge in [-0.2, -0.15) is 0 Å². The van der Waals surface area contributed by atoms with Gasteiger partial charge in [0.2, 0.25) is 0 Å². The highest BCUT2D eigenvalue weighted by Gasteiger charge is 2.04. The molecule has 0 saturated heterocycles. The minimum absolute atomic E-state index is 0.0608. The second kappa shape index (κ2) is 11.0. The Kier molecular flexibility index (Phi) is 10.9. The van der Waals surface area contributed by atoms with Gasteiger partial charge in [-0.1, -0.05) is 19.8 Å². The van der Waals surface area contributed by atoms with E-state index in [0.29, 0.717) is 0 Å². The van der Waals surface area contributed by atoms with E-state index in [1.165, 1.54) is 6.42 Å². The zero-order valence-electron chi connectivity index (χ0n) is 9.24. The number of unbranched alkanes of at least 4 members (excludes halogenated alkanes) is 2. The molecule has 0 unspecified atom stereocenters. The lowest BCUT2D eigenvalue weighted by molar-refractivity contribution is 0.116. The molecular weight excluding hydrogens is 180 g/mol. The molecule has 0 aliphatic carbocycles. The number of hydrogen-bond donors (Lipinski definition) is 2. The van der Waals surface area contributed by atoms with Gasteiger partial charge in [-0.25, -0.2) is 0 Å². The van der Waals surface area contributed by atoms with Crippen LogP contribution in [0.15, 0.2) is 0 Å². The van der Waals surface area contributed by atoms with E-state index >= 15 is 0 Å². The minimum Gasteiger partial charge on any atom is -0.396 e. The molecule has 0 heterocycles. The van der Waals surface area contributed by atoms with E-state index < -0.39 is 0 Å². The maximum Gasteiger partial charge on any atom is 0.0481 e. The highest BCUT2D eigenvalue weighted by atomic mass is 16.5. The summed E-state index contributed by atoms with van der Waals surface area (Å²) in [5, 5.41) is 17.6. The summed E-state index contributed by atoms with van der Waals surface area (Å²) in [4.78, 5) is 0. The number of aliphatic hydroxyl groups excluding tert-OH is 2. The summed E-state index contributed by atoms with van der Waals surface area (Å²) < 4.78 is 5.40. The van der Waals surface area contributed by atoms with Crippen LogP contribution in [-0.4, -0.2) is 36.6 Å². The van der Waals surface area contributed by atoms with Crippen molar-refractivity contribution in [2.75, 3.05) is 26.4 Å². The Labute approximate surface area is 87.1 Å². The Balaban J connectivity index is 3.04. The molecule has 0 aromatic heterocycles. The van der Waals surface area contributed by atoms with Crippen molar-refractivity contribution in [3.05, 3.63) is 0 Å². The first kappa shape index (κ1) is 13.9. The summed E-state index contributed by atoms with van der Waals surface area (Å²) in [7, 11) is 0. The summed E-state index contributed by atoms with van der Waals surface area (Å²) >= 11 is 0. The zero-order valence-corrected chi connectivity index (χ0v) is 9.24. The molecule has 0 fully saturated rings. The average Bonchev–Trinajstić information content (AvgIpc) is 2.22. The fourth-order valence-corrected chi connectivity index (χ4v) is 1.23.